The van der Waals surface area contributed by atoms with E-state index in [-0.39, 0.29) is 0 Å². The van der Waals surface area contributed by atoms with Crippen LogP contribution in [0.3, 0.4) is 0 Å². The van der Waals surface area contributed by atoms with Gasteiger partial charge >= 0.3 is 0 Å². The normalized spacial score (nSPS) is 10.4. The first-order valence-electron chi connectivity index (χ1n) is 7.19. The number of pyridine rings is 1. The van der Waals surface area contributed by atoms with E-state index in [1.807, 2.05) is 36.5 Å². The van der Waals surface area contributed by atoms with Gasteiger partial charge in [-0.3, -0.25) is 4.98 Å². The summed E-state index contributed by atoms with van der Waals surface area (Å²) >= 11 is 1.77. The second-order valence-corrected chi connectivity index (χ2v) is 5.95. The average Bonchev–Trinajstić information content (AvgIpc) is 2.60. The van der Waals surface area contributed by atoms with E-state index in [9.17, 15) is 0 Å². The fourth-order valence-corrected chi connectivity index (χ4v) is 2.90. The van der Waals surface area contributed by atoms with Crippen molar-refractivity contribution in [1.82, 2.24) is 4.98 Å². The molecule has 0 amide bonds. The second-order valence-electron chi connectivity index (χ2n) is 4.90. The first-order valence-corrected chi connectivity index (χ1v) is 8.17. The minimum atomic E-state index is 0.565. The Morgan fingerprint density at radius 1 is 0.818 bits per heavy atom. The molecule has 0 saturated heterocycles. The van der Waals surface area contributed by atoms with Crippen LogP contribution in [0.15, 0.2) is 84.0 Å². The highest BCUT2D eigenvalue weighted by Gasteiger charge is 2.01. The predicted octanol–water partition coefficient (Wildman–Crippen LogP) is 4.95. The Kier molecular flexibility index (Phi) is 5.11. The summed E-state index contributed by atoms with van der Waals surface area (Å²) in [6.07, 6.45) is 3.64. The third-order valence-electron chi connectivity index (χ3n) is 3.18. The topological polar surface area (TPSA) is 22.1 Å². The van der Waals surface area contributed by atoms with Gasteiger partial charge in [0.2, 0.25) is 0 Å². The van der Waals surface area contributed by atoms with E-state index in [4.69, 9.17) is 4.74 Å². The number of benzene rings is 2. The van der Waals surface area contributed by atoms with E-state index in [0.717, 1.165) is 22.0 Å². The largest absolute Gasteiger partial charge is 0.487 e. The van der Waals surface area contributed by atoms with E-state index in [1.54, 1.807) is 18.0 Å². The molecule has 3 heteroatoms. The highest BCUT2D eigenvalue weighted by Crippen LogP contribution is 2.25. The van der Waals surface area contributed by atoms with Crippen molar-refractivity contribution in [3.63, 3.8) is 0 Å². The lowest BCUT2D eigenvalue weighted by Gasteiger charge is -2.07. The molecule has 0 aliphatic carbocycles. The summed E-state index contributed by atoms with van der Waals surface area (Å²) in [6, 6.07) is 22.6. The van der Waals surface area contributed by atoms with Crippen LogP contribution in [0.4, 0.5) is 0 Å². The van der Waals surface area contributed by atoms with Crippen LogP contribution in [0.5, 0.6) is 5.75 Å². The fourth-order valence-electron chi connectivity index (χ4n) is 2.04. The molecular formula is C19H17NOS. The number of rotatable bonds is 6. The minimum absolute atomic E-state index is 0.565. The minimum Gasteiger partial charge on any atom is -0.487 e. The zero-order chi connectivity index (χ0) is 15.0. The fraction of sp³-hybridized carbons (Fsp3) is 0.105. The zero-order valence-electron chi connectivity index (χ0n) is 12.2. The third kappa shape index (κ3) is 4.37. The Balaban J connectivity index is 1.58. The van der Waals surface area contributed by atoms with Crippen molar-refractivity contribution in [1.29, 1.82) is 0 Å². The lowest BCUT2D eigenvalue weighted by molar-refractivity contribution is 0.304. The number of aromatic nitrogens is 1. The van der Waals surface area contributed by atoms with Gasteiger partial charge in [-0.1, -0.05) is 60.7 Å². The molecule has 0 aliphatic heterocycles. The summed E-state index contributed by atoms with van der Waals surface area (Å²) in [5.74, 6) is 1.74. The standard InChI is InChI=1S/C19H17NOS/c1-3-7-16(8-4-1)14-21-18-11-19(13-20-12-18)22-15-17-9-5-2-6-10-17/h1-13H,14-15H2. The summed E-state index contributed by atoms with van der Waals surface area (Å²) in [5.41, 5.74) is 2.47. The molecule has 0 atom stereocenters. The summed E-state index contributed by atoms with van der Waals surface area (Å²) in [4.78, 5) is 5.38. The number of hydrogen-bond donors (Lipinski definition) is 0. The molecule has 3 rings (SSSR count). The van der Waals surface area contributed by atoms with Crippen molar-refractivity contribution in [2.75, 3.05) is 0 Å². The zero-order valence-corrected chi connectivity index (χ0v) is 13.0. The van der Waals surface area contributed by atoms with Crippen molar-refractivity contribution in [2.24, 2.45) is 0 Å². The van der Waals surface area contributed by atoms with Crippen LogP contribution >= 0.6 is 11.8 Å². The Bertz CT molecular complexity index is 642. The molecule has 0 unspecified atom stereocenters. The van der Waals surface area contributed by atoms with Crippen LogP contribution < -0.4 is 4.74 Å². The maximum atomic E-state index is 5.81. The van der Waals surface area contributed by atoms with Gasteiger partial charge in [0.05, 0.1) is 6.20 Å². The smallest absolute Gasteiger partial charge is 0.139 e. The van der Waals surface area contributed by atoms with Gasteiger partial charge in [0.15, 0.2) is 0 Å². The molecule has 0 bridgehead atoms. The maximum absolute atomic E-state index is 5.81. The lowest BCUT2D eigenvalue weighted by atomic mass is 10.2. The highest BCUT2D eigenvalue weighted by atomic mass is 32.2. The van der Waals surface area contributed by atoms with Gasteiger partial charge in [-0.2, -0.15) is 0 Å². The molecule has 0 fully saturated rings. The Labute approximate surface area is 135 Å². The lowest BCUT2D eigenvalue weighted by Crippen LogP contribution is -1.95. The van der Waals surface area contributed by atoms with Crippen LogP contribution in [-0.4, -0.2) is 4.98 Å². The monoisotopic (exact) mass is 307 g/mol. The van der Waals surface area contributed by atoms with Gasteiger partial charge in [0.1, 0.15) is 12.4 Å². The quantitative estimate of drug-likeness (QED) is 0.601. The van der Waals surface area contributed by atoms with Gasteiger partial charge in [0, 0.05) is 16.8 Å². The van der Waals surface area contributed by atoms with E-state index in [1.165, 1.54) is 5.56 Å². The van der Waals surface area contributed by atoms with Crippen molar-refractivity contribution in [2.45, 2.75) is 17.3 Å². The summed E-state index contributed by atoms with van der Waals surface area (Å²) in [6.45, 7) is 0.565. The average molecular weight is 307 g/mol. The van der Waals surface area contributed by atoms with Gasteiger partial charge in [-0.05, 0) is 17.2 Å². The highest BCUT2D eigenvalue weighted by molar-refractivity contribution is 7.98. The van der Waals surface area contributed by atoms with Gasteiger partial charge in [-0.25, -0.2) is 0 Å². The molecule has 0 N–H and O–H groups in total. The molecule has 0 saturated carbocycles. The Morgan fingerprint density at radius 2 is 1.50 bits per heavy atom. The van der Waals surface area contributed by atoms with E-state index in [2.05, 4.69) is 41.4 Å². The van der Waals surface area contributed by atoms with Crippen LogP contribution in [-0.2, 0) is 12.4 Å². The molecule has 3 aromatic rings. The predicted molar refractivity (Wildman–Crippen MR) is 91.0 cm³/mol. The number of ether oxygens (including phenoxy) is 1. The van der Waals surface area contributed by atoms with Crippen LogP contribution in [0.1, 0.15) is 11.1 Å². The molecule has 0 spiro atoms. The van der Waals surface area contributed by atoms with Crippen molar-refractivity contribution < 1.29 is 4.74 Å². The summed E-state index contributed by atoms with van der Waals surface area (Å²) in [5, 5.41) is 0. The molecule has 2 aromatic carbocycles. The maximum Gasteiger partial charge on any atom is 0.139 e. The molecule has 0 aliphatic rings. The number of hydrogen-bond acceptors (Lipinski definition) is 3. The van der Waals surface area contributed by atoms with Crippen molar-refractivity contribution in [3.8, 4) is 5.75 Å². The van der Waals surface area contributed by atoms with Gasteiger partial charge in [-0.15, -0.1) is 11.8 Å². The Hall–Kier alpha value is -2.26. The molecule has 110 valence electrons. The number of thioether (sulfide) groups is 1. The summed E-state index contributed by atoms with van der Waals surface area (Å²) in [7, 11) is 0. The van der Waals surface area contributed by atoms with Gasteiger partial charge in [0.25, 0.3) is 0 Å². The Morgan fingerprint density at radius 3 is 2.23 bits per heavy atom. The first kappa shape index (κ1) is 14.7. The molecule has 22 heavy (non-hydrogen) atoms. The SMILES string of the molecule is c1ccc(COc2cncc(SCc3ccccc3)c2)cc1. The number of nitrogens with zero attached hydrogens (tertiary/aromatic N) is 1. The van der Waals surface area contributed by atoms with Crippen LogP contribution in [0.25, 0.3) is 0 Å². The van der Waals surface area contributed by atoms with E-state index in [0.29, 0.717) is 6.61 Å². The molecule has 1 heterocycles. The van der Waals surface area contributed by atoms with Crippen molar-refractivity contribution >= 4 is 11.8 Å². The van der Waals surface area contributed by atoms with E-state index >= 15 is 0 Å². The first-order chi connectivity index (χ1) is 10.9. The second kappa shape index (κ2) is 7.66. The summed E-state index contributed by atoms with van der Waals surface area (Å²) < 4.78 is 5.81. The van der Waals surface area contributed by atoms with Gasteiger partial charge < -0.3 is 4.74 Å². The molecular weight excluding hydrogens is 290 g/mol. The third-order valence-corrected chi connectivity index (χ3v) is 4.22. The van der Waals surface area contributed by atoms with Crippen LogP contribution in [0, 0.1) is 0 Å². The van der Waals surface area contributed by atoms with Crippen molar-refractivity contribution in [3.05, 3.63) is 90.3 Å². The molecule has 1 aromatic heterocycles. The van der Waals surface area contributed by atoms with E-state index < -0.39 is 0 Å². The van der Waals surface area contributed by atoms with Crippen LogP contribution in [0.2, 0.25) is 0 Å². The molecule has 0 radical (unpaired) electrons. The molecule has 2 nitrogen and oxygen atoms in total.